The number of aryl methyl sites for hydroxylation is 1. The zero-order chi connectivity index (χ0) is 17.8. The zero-order valence-electron chi connectivity index (χ0n) is 13.8. The van der Waals surface area contributed by atoms with Crippen LogP contribution in [0.3, 0.4) is 0 Å². The van der Waals surface area contributed by atoms with Crippen molar-refractivity contribution in [3.8, 4) is 0 Å². The van der Waals surface area contributed by atoms with Gasteiger partial charge in [-0.25, -0.2) is 4.39 Å². The number of carbonyl (C=O) groups is 2. The highest BCUT2D eigenvalue weighted by molar-refractivity contribution is 8.00. The van der Waals surface area contributed by atoms with Crippen molar-refractivity contribution < 1.29 is 14.0 Å². The molecule has 4 nitrogen and oxygen atoms in total. The molecule has 0 aromatic heterocycles. The van der Waals surface area contributed by atoms with Gasteiger partial charge in [0.2, 0.25) is 11.8 Å². The van der Waals surface area contributed by atoms with Crippen molar-refractivity contribution in [3.63, 3.8) is 0 Å². The maximum absolute atomic E-state index is 13.0. The lowest BCUT2D eigenvalue weighted by molar-refractivity contribution is -0.126. The summed E-state index contributed by atoms with van der Waals surface area (Å²) in [5.41, 5.74) is 2.67. The van der Waals surface area contributed by atoms with E-state index in [4.69, 9.17) is 0 Å². The molecule has 1 aliphatic rings. The number of benzene rings is 2. The molecule has 2 unspecified atom stereocenters. The average Bonchev–Trinajstić information content (AvgIpc) is 2.58. The van der Waals surface area contributed by atoms with Crippen LogP contribution >= 0.6 is 11.8 Å². The van der Waals surface area contributed by atoms with Crippen molar-refractivity contribution in [1.82, 2.24) is 5.32 Å². The Morgan fingerprint density at radius 3 is 2.72 bits per heavy atom. The molecule has 2 atom stereocenters. The smallest absolute Gasteiger partial charge is 0.247 e. The largest absolute Gasteiger partial charge is 0.343 e. The molecule has 6 heteroatoms. The van der Waals surface area contributed by atoms with Crippen molar-refractivity contribution in [2.75, 3.05) is 11.1 Å². The van der Waals surface area contributed by atoms with Crippen LogP contribution in [0.2, 0.25) is 0 Å². The lowest BCUT2D eigenvalue weighted by Crippen LogP contribution is -2.52. The van der Waals surface area contributed by atoms with Gasteiger partial charge in [-0.15, -0.1) is 11.8 Å². The molecule has 1 saturated heterocycles. The minimum atomic E-state index is -0.553. The molecule has 2 amide bonds. The second-order valence-corrected chi connectivity index (χ2v) is 7.31. The molecular formula is C19H19FN2O2S. The molecule has 2 aromatic carbocycles. The van der Waals surface area contributed by atoms with Gasteiger partial charge >= 0.3 is 0 Å². The van der Waals surface area contributed by atoms with Gasteiger partial charge in [-0.2, -0.15) is 0 Å². The normalized spacial score (nSPS) is 20.0. The molecule has 0 aliphatic carbocycles. The van der Waals surface area contributed by atoms with E-state index in [2.05, 4.69) is 10.6 Å². The lowest BCUT2D eigenvalue weighted by atomic mass is 10.1. The van der Waals surface area contributed by atoms with Crippen LogP contribution in [0.4, 0.5) is 10.1 Å². The van der Waals surface area contributed by atoms with Crippen molar-refractivity contribution in [2.24, 2.45) is 0 Å². The van der Waals surface area contributed by atoms with Gasteiger partial charge in [0.15, 0.2) is 0 Å². The van der Waals surface area contributed by atoms with Crippen LogP contribution in [0.25, 0.3) is 0 Å². The van der Waals surface area contributed by atoms with E-state index >= 15 is 0 Å². The fraction of sp³-hybridized carbons (Fsp3) is 0.263. The minimum Gasteiger partial charge on any atom is -0.343 e. The van der Waals surface area contributed by atoms with E-state index in [0.717, 1.165) is 16.8 Å². The van der Waals surface area contributed by atoms with Crippen LogP contribution in [0.1, 0.15) is 11.1 Å². The molecule has 1 aliphatic heterocycles. The van der Waals surface area contributed by atoms with Gasteiger partial charge in [0, 0.05) is 11.4 Å². The Bertz CT molecular complexity index is 779. The lowest BCUT2D eigenvalue weighted by Gasteiger charge is -2.28. The first-order valence-electron chi connectivity index (χ1n) is 8.05. The van der Waals surface area contributed by atoms with Gasteiger partial charge < -0.3 is 10.6 Å². The molecule has 130 valence electrons. The zero-order valence-corrected chi connectivity index (χ0v) is 14.6. The summed E-state index contributed by atoms with van der Waals surface area (Å²) in [7, 11) is 0. The van der Waals surface area contributed by atoms with E-state index in [0.29, 0.717) is 12.2 Å². The second kappa shape index (κ2) is 7.70. The highest BCUT2D eigenvalue weighted by Gasteiger charge is 2.32. The van der Waals surface area contributed by atoms with E-state index in [1.54, 1.807) is 12.1 Å². The number of rotatable bonds is 4. The van der Waals surface area contributed by atoms with Crippen LogP contribution in [0, 0.1) is 12.7 Å². The van der Waals surface area contributed by atoms with Crippen molar-refractivity contribution in [1.29, 1.82) is 0 Å². The topological polar surface area (TPSA) is 58.2 Å². The summed E-state index contributed by atoms with van der Waals surface area (Å²) in [4.78, 5) is 24.6. The highest BCUT2D eigenvalue weighted by atomic mass is 32.2. The Morgan fingerprint density at radius 1 is 1.28 bits per heavy atom. The maximum atomic E-state index is 13.0. The summed E-state index contributed by atoms with van der Waals surface area (Å²) >= 11 is 1.45. The first-order chi connectivity index (χ1) is 12.0. The monoisotopic (exact) mass is 358 g/mol. The van der Waals surface area contributed by atoms with Gasteiger partial charge in [-0.1, -0.05) is 24.3 Å². The molecule has 0 radical (unpaired) electrons. The van der Waals surface area contributed by atoms with Gasteiger partial charge in [0.1, 0.15) is 11.9 Å². The van der Waals surface area contributed by atoms with Crippen molar-refractivity contribution >= 4 is 29.3 Å². The van der Waals surface area contributed by atoms with Crippen LogP contribution in [-0.4, -0.2) is 28.9 Å². The predicted octanol–water partition coefficient (Wildman–Crippen LogP) is 2.92. The summed E-state index contributed by atoms with van der Waals surface area (Å²) in [5, 5.41) is 5.35. The predicted molar refractivity (Wildman–Crippen MR) is 98.1 cm³/mol. The van der Waals surface area contributed by atoms with E-state index in [-0.39, 0.29) is 22.9 Å². The fourth-order valence-electron chi connectivity index (χ4n) is 2.67. The molecular weight excluding hydrogens is 339 g/mol. The summed E-state index contributed by atoms with van der Waals surface area (Å²) in [6.45, 7) is 1.95. The van der Waals surface area contributed by atoms with Gasteiger partial charge in [-0.05, 0) is 48.7 Å². The van der Waals surface area contributed by atoms with Gasteiger partial charge in [0.25, 0.3) is 0 Å². The summed E-state index contributed by atoms with van der Waals surface area (Å²) in [6, 6.07) is 13.1. The molecule has 3 rings (SSSR count). The number of amides is 2. The van der Waals surface area contributed by atoms with Crippen molar-refractivity contribution in [3.05, 3.63) is 65.5 Å². The Kier molecular flexibility index (Phi) is 5.38. The SMILES string of the molecule is Cc1cccc(NC(=O)C2CSC(Cc3ccc(F)cc3)C(=O)N2)c1. The standard InChI is InChI=1S/C19H19FN2O2S/c1-12-3-2-4-15(9-12)21-18(23)16-11-25-17(19(24)22-16)10-13-5-7-14(20)8-6-13/h2-9,16-17H,10-11H2,1H3,(H,21,23)(H,22,24). The van der Waals surface area contributed by atoms with Crippen molar-refractivity contribution in [2.45, 2.75) is 24.6 Å². The Balaban J connectivity index is 1.56. The highest BCUT2D eigenvalue weighted by Crippen LogP contribution is 2.23. The van der Waals surface area contributed by atoms with Crippen LogP contribution < -0.4 is 10.6 Å². The molecule has 0 saturated carbocycles. The summed E-state index contributed by atoms with van der Waals surface area (Å²) in [5.74, 6) is -0.163. The number of hydrogen-bond donors (Lipinski definition) is 2. The van der Waals surface area contributed by atoms with E-state index < -0.39 is 6.04 Å². The number of hydrogen-bond acceptors (Lipinski definition) is 3. The molecule has 25 heavy (non-hydrogen) atoms. The Hall–Kier alpha value is -2.34. The first kappa shape index (κ1) is 17.5. The average molecular weight is 358 g/mol. The van der Waals surface area contributed by atoms with E-state index in [1.165, 1.54) is 23.9 Å². The molecule has 0 spiro atoms. The van der Waals surface area contributed by atoms with Crippen LogP contribution in [0.15, 0.2) is 48.5 Å². The molecule has 2 aromatic rings. The third-order valence-corrected chi connectivity index (χ3v) is 5.32. The molecule has 1 fully saturated rings. The number of thioether (sulfide) groups is 1. The third kappa shape index (κ3) is 4.60. The fourth-order valence-corrected chi connectivity index (χ4v) is 3.86. The number of anilines is 1. The summed E-state index contributed by atoms with van der Waals surface area (Å²) < 4.78 is 13.0. The maximum Gasteiger partial charge on any atom is 0.247 e. The Morgan fingerprint density at radius 2 is 2.04 bits per heavy atom. The van der Waals surface area contributed by atoms with E-state index in [9.17, 15) is 14.0 Å². The van der Waals surface area contributed by atoms with Crippen LogP contribution in [0.5, 0.6) is 0 Å². The molecule has 0 bridgehead atoms. The third-order valence-electron chi connectivity index (χ3n) is 4.01. The molecule has 2 N–H and O–H groups in total. The molecule has 1 heterocycles. The number of nitrogens with one attached hydrogen (secondary N) is 2. The number of halogens is 1. The van der Waals surface area contributed by atoms with Gasteiger partial charge in [0.05, 0.1) is 5.25 Å². The number of carbonyl (C=O) groups excluding carboxylic acids is 2. The quantitative estimate of drug-likeness (QED) is 0.884. The Labute approximate surface area is 150 Å². The van der Waals surface area contributed by atoms with Gasteiger partial charge in [-0.3, -0.25) is 9.59 Å². The van der Waals surface area contributed by atoms with Crippen LogP contribution in [-0.2, 0) is 16.0 Å². The van der Waals surface area contributed by atoms with E-state index in [1.807, 2.05) is 31.2 Å². The minimum absolute atomic E-state index is 0.162. The first-order valence-corrected chi connectivity index (χ1v) is 9.10. The summed E-state index contributed by atoms with van der Waals surface area (Å²) in [6.07, 6.45) is 0.517. The second-order valence-electron chi connectivity index (χ2n) is 6.07.